The minimum Gasteiger partial charge on any atom is -0.381 e. The topological polar surface area (TPSA) is 126 Å². The predicted octanol–water partition coefficient (Wildman–Crippen LogP) is 2.62. The van der Waals surface area contributed by atoms with E-state index in [-0.39, 0.29) is 36.9 Å². The number of nitrogens with one attached hydrogen (secondary N) is 3. The molecule has 0 unspecified atom stereocenters. The number of amides is 4. The summed E-state index contributed by atoms with van der Waals surface area (Å²) in [6, 6.07) is 11.3. The van der Waals surface area contributed by atoms with Crippen molar-refractivity contribution in [3.8, 4) is 0 Å². The Morgan fingerprint density at radius 3 is 2.62 bits per heavy atom. The number of hydrogen-bond acceptors (Lipinski definition) is 6. The van der Waals surface area contributed by atoms with Gasteiger partial charge in [-0.3, -0.25) is 9.59 Å². The molecule has 0 radical (unpaired) electrons. The summed E-state index contributed by atoms with van der Waals surface area (Å²) in [5.41, 5.74) is 1.21. The molecule has 10 nitrogen and oxygen atoms in total. The van der Waals surface area contributed by atoms with Crippen molar-refractivity contribution in [3.63, 3.8) is 0 Å². The maximum Gasteiger partial charge on any atom is 0.315 e. The van der Waals surface area contributed by atoms with Crippen LogP contribution in [0.5, 0.6) is 0 Å². The number of aryl methyl sites for hydroxylation is 1. The van der Waals surface area contributed by atoms with Crippen molar-refractivity contribution < 1.29 is 23.6 Å². The van der Waals surface area contributed by atoms with Crippen molar-refractivity contribution in [2.45, 2.75) is 63.6 Å². The lowest BCUT2D eigenvalue weighted by atomic mass is 9.83. The Bertz CT molecular complexity index is 1070. The third-order valence-electron chi connectivity index (χ3n) is 7.30. The first-order valence-corrected chi connectivity index (χ1v) is 13.0. The fourth-order valence-electron chi connectivity index (χ4n) is 5.17. The van der Waals surface area contributed by atoms with Gasteiger partial charge in [0.2, 0.25) is 11.8 Å². The molecular weight excluding hydrogens is 474 g/mol. The number of ether oxygens (including phenoxy) is 1. The molecule has 2 aliphatic heterocycles. The number of carbonyl (C=O) groups excluding carboxylic acids is 3. The summed E-state index contributed by atoms with van der Waals surface area (Å²) in [6.45, 7) is 3.60. The summed E-state index contributed by atoms with van der Waals surface area (Å²) in [5, 5.41) is 13.1. The Kier molecular flexibility index (Phi) is 8.81. The van der Waals surface area contributed by atoms with Crippen molar-refractivity contribution in [3.05, 3.63) is 53.4 Å². The Labute approximate surface area is 217 Å². The lowest BCUT2D eigenvalue weighted by molar-refractivity contribution is -0.135. The summed E-state index contributed by atoms with van der Waals surface area (Å²) in [7, 11) is 1.72. The summed E-state index contributed by atoms with van der Waals surface area (Å²) in [4.78, 5) is 40.5. The van der Waals surface area contributed by atoms with Crippen molar-refractivity contribution in [2.75, 3.05) is 26.8 Å². The van der Waals surface area contributed by atoms with Gasteiger partial charge in [-0.05, 0) is 38.2 Å². The highest BCUT2D eigenvalue weighted by atomic mass is 16.5. The van der Waals surface area contributed by atoms with Gasteiger partial charge in [-0.2, -0.15) is 0 Å². The van der Waals surface area contributed by atoms with Gasteiger partial charge >= 0.3 is 6.03 Å². The predicted molar refractivity (Wildman–Crippen MR) is 136 cm³/mol. The Hall–Kier alpha value is -3.40. The molecule has 1 aromatic heterocycles. The van der Waals surface area contributed by atoms with E-state index < -0.39 is 11.5 Å². The smallest absolute Gasteiger partial charge is 0.315 e. The molecule has 0 aliphatic carbocycles. The van der Waals surface area contributed by atoms with Gasteiger partial charge < -0.3 is 30.1 Å². The number of carbonyl (C=O) groups is 3. The van der Waals surface area contributed by atoms with Crippen molar-refractivity contribution in [1.82, 2.24) is 26.0 Å². The number of urea groups is 1. The van der Waals surface area contributed by atoms with Crippen LogP contribution in [0.4, 0.5) is 4.79 Å². The lowest BCUT2D eigenvalue weighted by Crippen LogP contribution is -2.55. The standard InChI is InChI=1S/C27H37N5O5/c1-19-15-23(31-37-19)17-28-25(34)20-7-6-10-22(18-32(2)24(33)16-20)29-26(35)30-27(11-13-36-14-12-27)21-8-4-3-5-9-21/h3-5,8-9,15,20,22H,6-7,10-14,16-18H2,1-2H3,(H,28,34)(H2,29,30,35)/t20-,22-/m1/s1. The summed E-state index contributed by atoms with van der Waals surface area (Å²) < 4.78 is 10.6. The number of likely N-dealkylation sites (N-methyl/N-ethyl adjacent to an activating group) is 1. The second-order valence-corrected chi connectivity index (χ2v) is 10.1. The monoisotopic (exact) mass is 511 g/mol. The van der Waals surface area contributed by atoms with Crippen LogP contribution in [0.2, 0.25) is 0 Å². The molecule has 0 spiro atoms. The number of benzene rings is 1. The van der Waals surface area contributed by atoms with Crippen LogP contribution in [0.3, 0.4) is 0 Å². The molecule has 4 amide bonds. The maximum atomic E-state index is 13.2. The van der Waals surface area contributed by atoms with E-state index in [1.54, 1.807) is 24.9 Å². The minimum absolute atomic E-state index is 0.114. The number of hydrogen-bond donors (Lipinski definition) is 3. The first-order chi connectivity index (χ1) is 17.8. The zero-order chi connectivity index (χ0) is 26.3. The van der Waals surface area contributed by atoms with Gasteiger partial charge in [0.05, 0.1) is 12.1 Å². The van der Waals surface area contributed by atoms with E-state index in [1.807, 2.05) is 30.3 Å². The van der Waals surface area contributed by atoms with E-state index in [0.717, 1.165) is 5.56 Å². The van der Waals surface area contributed by atoms with Gasteiger partial charge in [0.25, 0.3) is 0 Å². The molecule has 2 saturated heterocycles. The fraction of sp³-hybridized carbons (Fsp3) is 0.556. The van der Waals surface area contributed by atoms with Crippen LogP contribution in [0.15, 0.2) is 40.9 Å². The summed E-state index contributed by atoms with van der Waals surface area (Å²) >= 11 is 0. The van der Waals surface area contributed by atoms with Gasteiger partial charge in [0.1, 0.15) is 11.5 Å². The molecule has 1 aromatic carbocycles. The van der Waals surface area contributed by atoms with Gasteiger partial charge in [0.15, 0.2) is 0 Å². The molecule has 2 atom stereocenters. The SMILES string of the molecule is Cc1cc(CNC(=O)[C@@H]2CCC[C@@H](NC(=O)NC3(c4ccccc4)CCOCC3)CN(C)C(=O)C2)no1. The molecular formula is C27H37N5O5. The average Bonchev–Trinajstić information content (AvgIpc) is 3.33. The van der Waals surface area contributed by atoms with Gasteiger partial charge in [-0.15, -0.1) is 0 Å². The quantitative estimate of drug-likeness (QED) is 0.547. The van der Waals surface area contributed by atoms with E-state index in [1.165, 1.54) is 0 Å². The Morgan fingerprint density at radius 2 is 1.92 bits per heavy atom. The number of nitrogens with zero attached hydrogens (tertiary/aromatic N) is 2. The van der Waals surface area contributed by atoms with E-state index in [2.05, 4.69) is 21.1 Å². The molecule has 0 bridgehead atoms. The molecule has 10 heteroatoms. The highest BCUT2D eigenvalue weighted by Gasteiger charge is 2.36. The second-order valence-electron chi connectivity index (χ2n) is 10.1. The third kappa shape index (κ3) is 7.09. The van der Waals surface area contributed by atoms with Gasteiger partial charge in [0, 0.05) is 51.3 Å². The van der Waals surface area contributed by atoms with E-state index in [4.69, 9.17) is 9.26 Å². The van der Waals surface area contributed by atoms with Crippen LogP contribution in [-0.4, -0.2) is 60.8 Å². The molecule has 200 valence electrons. The zero-order valence-electron chi connectivity index (χ0n) is 21.6. The second kappa shape index (κ2) is 12.2. The molecule has 3 N–H and O–H groups in total. The van der Waals surface area contributed by atoms with E-state index >= 15 is 0 Å². The molecule has 2 fully saturated rings. The number of rotatable bonds is 6. The van der Waals surface area contributed by atoms with E-state index in [0.29, 0.717) is 63.3 Å². The summed E-state index contributed by atoms with van der Waals surface area (Å²) in [6.07, 6.45) is 3.46. The lowest BCUT2D eigenvalue weighted by Gasteiger charge is -2.39. The molecule has 2 aromatic rings. The Balaban J connectivity index is 1.35. The highest BCUT2D eigenvalue weighted by Crippen LogP contribution is 2.32. The normalized spacial score (nSPS) is 22.3. The molecule has 4 rings (SSSR count). The third-order valence-corrected chi connectivity index (χ3v) is 7.30. The van der Waals surface area contributed by atoms with Crippen molar-refractivity contribution in [1.29, 1.82) is 0 Å². The zero-order valence-corrected chi connectivity index (χ0v) is 21.6. The van der Waals surface area contributed by atoms with Crippen LogP contribution in [0.1, 0.15) is 55.5 Å². The van der Waals surface area contributed by atoms with Crippen molar-refractivity contribution >= 4 is 17.8 Å². The largest absolute Gasteiger partial charge is 0.381 e. The van der Waals surface area contributed by atoms with Crippen molar-refractivity contribution in [2.24, 2.45) is 5.92 Å². The minimum atomic E-state index is -0.491. The van der Waals surface area contributed by atoms with Crippen LogP contribution < -0.4 is 16.0 Å². The first kappa shape index (κ1) is 26.7. The number of aromatic nitrogens is 1. The summed E-state index contributed by atoms with van der Waals surface area (Å²) in [5.74, 6) is -0.0377. The maximum absolute atomic E-state index is 13.2. The Morgan fingerprint density at radius 1 is 1.16 bits per heavy atom. The molecule has 0 saturated carbocycles. The molecule has 2 aliphatic rings. The fourth-order valence-corrected chi connectivity index (χ4v) is 5.17. The first-order valence-electron chi connectivity index (χ1n) is 13.0. The van der Waals surface area contributed by atoms with E-state index in [9.17, 15) is 14.4 Å². The molecule has 37 heavy (non-hydrogen) atoms. The van der Waals surface area contributed by atoms with Crippen LogP contribution in [-0.2, 0) is 26.4 Å². The van der Waals surface area contributed by atoms with Crippen LogP contribution in [0.25, 0.3) is 0 Å². The average molecular weight is 512 g/mol. The highest BCUT2D eigenvalue weighted by molar-refractivity contribution is 5.85. The van der Waals surface area contributed by atoms with Gasteiger partial charge in [-0.1, -0.05) is 41.9 Å². The van der Waals surface area contributed by atoms with Crippen LogP contribution in [0, 0.1) is 12.8 Å². The van der Waals surface area contributed by atoms with Crippen LogP contribution >= 0.6 is 0 Å². The molecule has 3 heterocycles. The van der Waals surface area contributed by atoms with Gasteiger partial charge in [-0.25, -0.2) is 4.79 Å².